The lowest BCUT2D eigenvalue weighted by molar-refractivity contribution is 0.0857. The van der Waals surface area contributed by atoms with Crippen LogP contribution in [0.25, 0.3) is 0 Å². The van der Waals surface area contributed by atoms with E-state index < -0.39 is 0 Å². The van der Waals surface area contributed by atoms with E-state index in [1.807, 2.05) is 4.68 Å². The predicted molar refractivity (Wildman–Crippen MR) is 83.0 cm³/mol. The van der Waals surface area contributed by atoms with Gasteiger partial charge in [-0.25, -0.2) is 0 Å². The van der Waals surface area contributed by atoms with E-state index in [1.165, 1.54) is 0 Å². The Morgan fingerprint density at radius 3 is 2.70 bits per heavy atom. The molecule has 0 aliphatic carbocycles. The minimum atomic E-state index is 0.398. The monoisotopic (exact) mass is 299 g/mol. The summed E-state index contributed by atoms with van der Waals surface area (Å²) in [6.45, 7) is 9.72. The van der Waals surface area contributed by atoms with E-state index in [0.717, 1.165) is 55.6 Å². The third-order valence-electron chi connectivity index (χ3n) is 4.13. The van der Waals surface area contributed by atoms with E-state index in [2.05, 4.69) is 35.8 Å². The molecule has 1 saturated heterocycles. The third kappa shape index (κ3) is 3.17. The molecule has 114 valence electrons. The van der Waals surface area contributed by atoms with Gasteiger partial charge in [-0.15, -0.1) is 0 Å². The summed E-state index contributed by atoms with van der Waals surface area (Å²) in [5, 5.41) is 5.43. The molecule has 2 N–H and O–H groups in total. The predicted octanol–water partition coefficient (Wildman–Crippen LogP) is 1.19. The normalized spacial score (nSPS) is 21.6. The average Bonchev–Trinajstić information content (AvgIpc) is 2.77. The zero-order valence-corrected chi connectivity index (χ0v) is 13.5. The molecule has 0 bridgehead atoms. The fraction of sp³-hybridized carbons (Fsp3) is 0.786. The van der Waals surface area contributed by atoms with E-state index in [0.29, 0.717) is 12.6 Å². The lowest BCUT2D eigenvalue weighted by Crippen LogP contribution is -2.54. The highest BCUT2D eigenvalue weighted by Crippen LogP contribution is 2.24. The summed E-state index contributed by atoms with van der Waals surface area (Å²) in [6, 6.07) is 0.398. The third-order valence-corrected chi connectivity index (χ3v) is 4.56. The standard InChI is InChI=1S/C14H26ClN5/c1-4-12-14(15)13(20(5-2)17-12)10-19-7-6-18(3)9-11(19)8-16/h11H,4-10,16H2,1-3H3. The van der Waals surface area contributed by atoms with Crippen molar-refractivity contribution >= 4 is 11.6 Å². The zero-order valence-electron chi connectivity index (χ0n) is 12.8. The highest BCUT2D eigenvalue weighted by Gasteiger charge is 2.26. The Morgan fingerprint density at radius 1 is 1.35 bits per heavy atom. The first kappa shape index (κ1) is 15.8. The molecular weight excluding hydrogens is 274 g/mol. The fourth-order valence-corrected chi connectivity index (χ4v) is 3.17. The number of halogens is 1. The number of hydrogen-bond donors (Lipinski definition) is 1. The summed E-state index contributed by atoms with van der Waals surface area (Å²) in [5.74, 6) is 0. The number of likely N-dealkylation sites (N-methyl/N-ethyl adjacent to an activating group) is 1. The molecule has 0 radical (unpaired) electrons. The number of hydrogen-bond acceptors (Lipinski definition) is 4. The van der Waals surface area contributed by atoms with Crippen LogP contribution < -0.4 is 5.73 Å². The van der Waals surface area contributed by atoms with Gasteiger partial charge in [0.25, 0.3) is 0 Å². The number of nitrogens with zero attached hydrogens (tertiary/aromatic N) is 4. The van der Waals surface area contributed by atoms with Gasteiger partial charge in [0.05, 0.1) is 16.4 Å². The smallest absolute Gasteiger partial charge is 0.0863 e. The molecule has 6 heteroatoms. The summed E-state index contributed by atoms with van der Waals surface area (Å²) in [6.07, 6.45) is 0.877. The van der Waals surface area contributed by atoms with E-state index in [-0.39, 0.29) is 0 Å². The number of aryl methyl sites for hydroxylation is 2. The molecule has 5 nitrogen and oxygen atoms in total. The van der Waals surface area contributed by atoms with Crippen molar-refractivity contribution < 1.29 is 0 Å². The molecule has 1 aliphatic rings. The summed E-state index contributed by atoms with van der Waals surface area (Å²) in [7, 11) is 2.15. The first-order chi connectivity index (χ1) is 9.60. The Hall–Kier alpha value is -0.620. The van der Waals surface area contributed by atoms with E-state index in [4.69, 9.17) is 17.3 Å². The van der Waals surface area contributed by atoms with Gasteiger partial charge >= 0.3 is 0 Å². The maximum absolute atomic E-state index is 6.50. The van der Waals surface area contributed by atoms with Gasteiger partial charge in [-0.1, -0.05) is 18.5 Å². The fourth-order valence-electron chi connectivity index (χ4n) is 2.84. The Bertz CT molecular complexity index is 445. The van der Waals surface area contributed by atoms with Crippen LogP contribution >= 0.6 is 11.6 Å². The molecule has 1 fully saturated rings. The first-order valence-corrected chi connectivity index (χ1v) is 7.85. The van der Waals surface area contributed by atoms with Crippen LogP contribution in [-0.2, 0) is 19.5 Å². The second kappa shape index (κ2) is 6.89. The van der Waals surface area contributed by atoms with Crippen molar-refractivity contribution in [3.63, 3.8) is 0 Å². The van der Waals surface area contributed by atoms with Crippen molar-refractivity contribution in [1.29, 1.82) is 0 Å². The first-order valence-electron chi connectivity index (χ1n) is 7.47. The second-order valence-electron chi connectivity index (χ2n) is 5.50. The van der Waals surface area contributed by atoms with E-state index >= 15 is 0 Å². The minimum absolute atomic E-state index is 0.398. The highest BCUT2D eigenvalue weighted by atomic mass is 35.5. The molecule has 0 saturated carbocycles. The van der Waals surface area contributed by atoms with Crippen molar-refractivity contribution in [2.24, 2.45) is 5.73 Å². The highest BCUT2D eigenvalue weighted by molar-refractivity contribution is 6.31. The van der Waals surface area contributed by atoms with Crippen LogP contribution in [0.4, 0.5) is 0 Å². The number of rotatable bonds is 5. The maximum atomic E-state index is 6.50. The number of nitrogens with two attached hydrogens (primary N) is 1. The van der Waals surface area contributed by atoms with Crippen molar-refractivity contribution in [3.8, 4) is 0 Å². The molecule has 0 aromatic carbocycles. The van der Waals surface area contributed by atoms with E-state index in [1.54, 1.807) is 0 Å². The van der Waals surface area contributed by atoms with Gasteiger partial charge in [0.2, 0.25) is 0 Å². The topological polar surface area (TPSA) is 50.3 Å². The van der Waals surface area contributed by atoms with Gasteiger partial charge in [-0.3, -0.25) is 9.58 Å². The van der Waals surface area contributed by atoms with Gasteiger partial charge in [0.15, 0.2) is 0 Å². The molecule has 2 heterocycles. The molecule has 1 aromatic heterocycles. The van der Waals surface area contributed by atoms with Crippen molar-refractivity contribution in [3.05, 3.63) is 16.4 Å². The van der Waals surface area contributed by atoms with Crippen LogP contribution in [0, 0.1) is 0 Å². The molecule has 1 aliphatic heterocycles. The van der Waals surface area contributed by atoms with Gasteiger partial charge in [0.1, 0.15) is 0 Å². The summed E-state index contributed by atoms with van der Waals surface area (Å²) in [5.41, 5.74) is 8.06. The molecular formula is C14H26ClN5. The van der Waals surface area contributed by atoms with Gasteiger partial charge in [-0.2, -0.15) is 5.10 Å². The van der Waals surface area contributed by atoms with E-state index in [9.17, 15) is 0 Å². The van der Waals surface area contributed by atoms with Crippen molar-refractivity contribution in [2.75, 3.05) is 33.2 Å². The molecule has 20 heavy (non-hydrogen) atoms. The Balaban J connectivity index is 2.18. The van der Waals surface area contributed by atoms with Crippen molar-refractivity contribution in [1.82, 2.24) is 19.6 Å². The zero-order chi connectivity index (χ0) is 14.7. The number of piperazine rings is 1. The van der Waals surface area contributed by atoms with Crippen LogP contribution in [0.15, 0.2) is 0 Å². The Kier molecular flexibility index (Phi) is 5.43. The van der Waals surface area contributed by atoms with Gasteiger partial charge in [-0.05, 0) is 20.4 Å². The molecule has 1 unspecified atom stereocenters. The van der Waals surface area contributed by atoms with Crippen molar-refractivity contribution in [2.45, 2.75) is 39.4 Å². The molecule has 1 atom stereocenters. The van der Waals surface area contributed by atoms with Gasteiger partial charge < -0.3 is 10.6 Å². The molecule has 2 rings (SSSR count). The second-order valence-corrected chi connectivity index (χ2v) is 5.88. The van der Waals surface area contributed by atoms with Crippen LogP contribution in [0.2, 0.25) is 5.02 Å². The minimum Gasteiger partial charge on any atom is -0.329 e. The summed E-state index contributed by atoms with van der Waals surface area (Å²) in [4.78, 5) is 4.78. The lowest BCUT2D eigenvalue weighted by atomic mass is 10.1. The lowest BCUT2D eigenvalue weighted by Gasteiger charge is -2.39. The Morgan fingerprint density at radius 2 is 2.10 bits per heavy atom. The summed E-state index contributed by atoms with van der Waals surface area (Å²) >= 11 is 6.50. The van der Waals surface area contributed by atoms with Crippen LogP contribution in [0.5, 0.6) is 0 Å². The average molecular weight is 300 g/mol. The van der Waals surface area contributed by atoms with Crippen LogP contribution in [0.3, 0.4) is 0 Å². The van der Waals surface area contributed by atoms with Crippen LogP contribution in [-0.4, -0.2) is 58.8 Å². The SMILES string of the molecule is CCc1nn(CC)c(CN2CCN(C)CC2CN)c1Cl. The Labute approximate surface area is 126 Å². The largest absolute Gasteiger partial charge is 0.329 e. The van der Waals surface area contributed by atoms with Gasteiger partial charge in [0, 0.05) is 45.3 Å². The maximum Gasteiger partial charge on any atom is 0.0863 e. The molecule has 0 spiro atoms. The quantitative estimate of drug-likeness (QED) is 0.887. The molecule has 0 amide bonds. The number of aromatic nitrogens is 2. The molecule has 1 aromatic rings. The van der Waals surface area contributed by atoms with Crippen LogP contribution in [0.1, 0.15) is 25.2 Å². The summed E-state index contributed by atoms with van der Waals surface area (Å²) < 4.78 is 2.03.